The first-order valence-corrected chi connectivity index (χ1v) is 6.95. The fourth-order valence-corrected chi connectivity index (χ4v) is 2.71. The molecular weight excluding hydrogens is 292 g/mol. The molecule has 1 aromatic rings. The Bertz CT molecular complexity index is 611. The summed E-state index contributed by atoms with van der Waals surface area (Å²) in [5.74, 6) is -1.60. The summed E-state index contributed by atoms with van der Waals surface area (Å²) in [4.78, 5) is 35.2. The van der Waals surface area contributed by atoms with Crippen molar-refractivity contribution < 1.29 is 19.6 Å². The zero-order chi connectivity index (χ0) is 16.5. The first-order valence-electron chi connectivity index (χ1n) is 6.95. The van der Waals surface area contributed by atoms with Gasteiger partial charge in [0, 0.05) is 13.1 Å². The molecule has 1 aliphatic heterocycles. The lowest BCUT2D eigenvalue weighted by atomic mass is 9.76. The minimum Gasteiger partial charge on any atom is -0.481 e. The second kappa shape index (κ2) is 5.74. The summed E-state index contributed by atoms with van der Waals surface area (Å²) >= 11 is 0. The van der Waals surface area contributed by atoms with E-state index in [4.69, 9.17) is 0 Å². The van der Waals surface area contributed by atoms with E-state index in [0.717, 1.165) is 0 Å². The summed E-state index contributed by atoms with van der Waals surface area (Å²) in [5.41, 5.74) is -0.925. The van der Waals surface area contributed by atoms with Gasteiger partial charge in [0.25, 0.3) is 0 Å². The molecule has 1 unspecified atom stereocenters. The number of rotatable bonds is 5. The molecule has 1 saturated heterocycles. The molecule has 0 aliphatic carbocycles. The normalized spacial score (nSPS) is 21.3. The van der Waals surface area contributed by atoms with E-state index in [1.54, 1.807) is 0 Å². The van der Waals surface area contributed by atoms with Crippen LogP contribution in [-0.4, -0.2) is 49.7 Å². The summed E-state index contributed by atoms with van der Waals surface area (Å²) in [6, 6.07) is 1.22. The van der Waals surface area contributed by atoms with Gasteiger partial charge in [0.05, 0.1) is 22.8 Å². The van der Waals surface area contributed by atoms with Crippen LogP contribution in [-0.2, 0) is 16.1 Å². The van der Waals surface area contributed by atoms with Crippen molar-refractivity contribution in [2.45, 2.75) is 26.8 Å². The third kappa shape index (κ3) is 2.78. The van der Waals surface area contributed by atoms with E-state index < -0.39 is 16.3 Å². The summed E-state index contributed by atoms with van der Waals surface area (Å²) in [7, 11) is 0. The fourth-order valence-electron chi connectivity index (χ4n) is 2.71. The first-order chi connectivity index (χ1) is 10.3. The Balaban J connectivity index is 2.05. The molecule has 0 saturated carbocycles. The van der Waals surface area contributed by atoms with Gasteiger partial charge in [-0.3, -0.25) is 9.59 Å². The average Bonchev–Trinajstić information content (AvgIpc) is 3.05. The zero-order valence-corrected chi connectivity index (χ0v) is 12.4. The highest BCUT2D eigenvalue weighted by Gasteiger charge is 2.48. The van der Waals surface area contributed by atoms with Gasteiger partial charge in [-0.15, -0.1) is 0 Å². The van der Waals surface area contributed by atoms with Crippen molar-refractivity contribution in [1.82, 2.24) is 14.7 Å². The Hall–Kier alpha value is -2.45. The second-order valence-electron chi connectivity index (χ2n) is 5.81. The van der Waals surface area contributed by atoms with Gasteiger partial charge in [-0.05, 0) is 17.3 Å². The molecule has 0 spiro atoms. The maximum Gasteiger partial charge on any atom is 0.389 e. The first kappa shape index (κ1) is 15.9. The molecular formula is C13H18N4O5. The van der Waals surface area contributed by atoms with Gasteiger partial charge in [0.1, 0.15) is 6.54 Å². The van der Waals surface area contributed by atoms with Crippen molar-refractivity contribution in [1.29, 1.82) is 0 Å². The highest BCUT2D eigenvalue weighted by atomic mass is 16.6. The minimum atomic E-state index is -0.925. The van der Waals surface area contributed by atoms with Crippen LogP contribution >= 0.6 is 0 Å². The largest absolute Gasteiger partial charge is 0.481 e. The quantitative estimate of drug-likeness (QED) is 0.633. The molecule has 1 amide bonds. The molecule has 1 aromatic heterocycles. The molecule has 1 atom stereocenters. The Kier molecular flexibility index (Phi) is 4.16. The number of carbonyl (C=O) groups is 2. The van der Waals surface area contributed by atoms with E-state index >= 15 is 0 Å². The third-order valence-corrected chi connectivity index (χ3v) is 4.30. The van der Waals surface area contributed by atoms with E-state index in [2.05, 4.69) is 5.10 Å². The standard InChI is InChI=1S/C13H18N4O5/c1-9(2)13(12(19)20)4-6-15(8-13)11(18)7-16-5-3-10(14-16)17(21)22/h3,5,9H,4,6-8H2,1-2H3,(H,19,20). The number of nitrogens with zero attached hydrogens (tertiary/aromatic N) is 4. The Morgan fingerprint density at radius 3 is 2.68 bits per heavy atom. The van der Waals surface area contributed by atoms with Gasteiger partial charge in [-0.25, -0.2) is 0 Å². The van der Waals surface area contributed by atoms with Crippen LogP contribution in [0.15, 0.2) is 12.3 Å². The van der Waals surface area contributed by atoms with Crippen molar-refractivity contribution >= 4 is 17.7 Å². The highest BCUT2D eigenvalue weighted by molar-refractivity contribution is 5.80. The van der Waals surface area contributed by atoms with E-state index in [1.807, 2.05) is 13.8 Å². The SMILES string of the molecule is CC(C)C1(C(=O)O)CCN(C(=O)Cn2ccc([N+](=O)[O-])n2)C1. The lowest BCUT2D eigenvalue weighted by Crippen LogP contribution is -2.41. The zero-order valence-electron chi connectivity index (χ0n) is 12.4. The number of amides is 1. The van der Waals surface area contributed by atoms with Crippen LogP contribution in [0.3, 0.4) is 0 Å². The van der Waals surface area contributed by atoms with Crippen LogP contribution < -0.4 is 0 Å². The molecule has 0 radical (unpaired) electrons. The lowest BCUT2D eigenvalue weighted by Gasteiger charge is -2.28. The van der Waals surface area contributed by atoms with Gasteiger partial charge in [0.2, 0.25) is 5.91 Å². The Labute approximate surface area is 126 Å². The molecule has 9 nitrogen and oxygen atoms in total. The fraction of sp³-hybridized carbons (Fsp3) is 0.615. The van der Waals surface area contributed by atoms with Gasteiger partial charge >= 0.3 is 11.8 Å². The molecule has 0 aromatic carbocycles. The van der Waals surface area contributed by atoms with Crippen LogP contribution in [0.2, 0.25) is 0 Å². The Morgan fingerprint density at radius 2 is 2.23 bits per heavy atom. The van der Waals surface area contributed by atoms with Crippen LogP contribution in [0, 0.1) is 21.4 Å². The molecule has 22 heavy (non-hydrogen) atoms. The number of carboxylic acid groups (broad SMARTS) is 1. The van der Waals surface area contributed by atoms with Gasteiger partial charge in [-0.2, -0.15) is 4.68 Å². The smallest absolute Gasteiger partial charge is 0.389 e. The van der Waals surface area contributed by atoms with Gasteiger partial charge in [0.15, 0.2) is 0 Å². The lowest BCUT2D eigenvalue weighted by molar-refractivity contribution is -0.389. The molecule has 9 heteroatoms. The van der Waals surface area contributed by atoms with Crippen molar-refractivity contribution in [2.24, 2.45) is 11.3 Å². The van der Waals surface area contributed by atoms with Gasteiger partial charge < -0.3 is 20.1 Å². The predicted molar refractivity (Wildman–Crippen MR) is 75.0 cm³/mol. The molecule has 1 aliphatic rings. The van der Waals surface area contributed by atoms with Crippen molar-refractivity contribution in [3.05, 3.63) is 22.4 Å². The number of aromatic nitrogens is 2. The van der Waals surface area contributed by atoms with Crippen LogP contribution in [0.4, 0.5) is 5.82 Å². The van der Waals surface area contributed by atoms with E-state index in [1.165, 1.54) is 21.8 Å². The second-order valence-corrected chi connectivity index (χ2v) is 5.81. The predicted octanol–water partition coefficient (Wildman–Crippen LogP) is 0.751. The molecule has 2 heterocycles. The number of hydrogen-bond acceptors (Lipinski definition) is 5. The van der Waals surface area contributed by atoms with Crippen LogP contribution in [0.25, 0.3) is 0 Å². The van der Waals surface area contributed by atoms with E-state index in [0.29, 0.717) is 13.0 Å². The summed E-state index contributed by atoms with van der Waals surface area (Å²) in [5, 5.41) is 23.7. The monoisotopic (exact) mass is 310 g/mol. The molecule has 1 fully saturated rings. The molecule has 120 valence electrons. The topological polar surface area (TPSA) is 119 Å². The third-order valence-electron chi connectivity index (χ3n) is 4.30. The van der Waals surface area contributed by atoms with Crippen LogP contribution in [0.1, 0.15) is 20.3 Å². The number of hydrogen-bond donors (Lipinski definition) is 1. The number of likely N-dealkylation sites (tertiary alicyclic amines) is 1. The number of carboxylic acids is 1. The number of carbonyl (C=O) groups excluding carboxylic acids is 1. The summed E-state index contributed by atoms with van der Waals surface area (Å²) in [6.07, 6.45) is 1.77. The molecule has 0 bridgehead atoms. The minimum absolute atomic E-state index is 0.0893. The van der Waals surface area contributed by atoms with Crippen LogP contribution in [0.5, 0.6) is 0 Å². The highest BCUT2D eigenvalue weighted by Crippen LogP contribution is 2.38. The number of aliphatic carboxylic acids is 1. The Morgan fingerprint density at radius 1 is 1.55 bits per heavy atom. The van der Waals surface area contributed by atoms with Gasteiger partial charge in [-0.1, -0.05) is 13.8 Å². The van der Waals surface area contributed by atoms with Crippen molar-refractivity contribution in [3.63, 3.8) is 0 Å². The number of nitro groups is 1. The van der Waals surface area contributed by atoms with Crippen molar-refractivity contribution in [2.75, 3.05) is 13.1 Å². The summed E-state index contributed by atoms with van der Waals surface area (Å²) in [6.45, 7) is 4.05. The maximum absolute atomic E-state index is 12.2. The summed E-state index contributed by atoms with van der Waals surface area (Å²) < 4.78 is 1.19. The van der Waals surface area contributed by atoms with E-state index in [9.17, 15) is 24.8 Å². The molecule has 2 rings (SSSR count). The molecule has 1 N–H and O–H groups in total. The average molecular weight is 310 g/mol. The maximum atomic E-state index is 12.2. The van der Waals surface area contributed by atoms with Crippen molar-refractivity contribution in [3.8, 4) is 0 Å². The van der Waals surface area contributed by atoms with E-state index in [-0.39, 0.29) is 30.7 Å².